The Morgan fingerprint density at radius 1 is 1.41 bits per heavy atom. The molecule has 1 rings (SSSR count). The van der Waals surface area contributed by atoms with Gasteiger partial charge in [0.05, 0.1) is 12.5 Å². The summed E-state index contributed by atoms with van der Waals surface area (Å²) < 4.78 is 41.6. The van der Waals surface area contributed by atoms with Crippen LogP contribution in [-0.4, -0.2) is 42.6 Å². The number of piperidine rings is 1. The minimum absolute atomic E-state index is 0.0713. The summed E-state index contributed by atoms with van der Waals surface area (Å²) in [6.45, 7) is 2.10. The van der Waals surface area contributed by atoms with Gasteiger partial charge in [0.15, 0.2) is 0 Å². The van der Waals surface area contributed by atoms with E-state index in [0.717, 1.165) is 4.90 Å². The minimum atomic E-state index is -4.61. The van der Waals surface area contributed by atoms with Gasteiger partial charge in [-0.15, -0.1) is 0 Å². The monoisotopic (exact) mass is 252 g/mol. The zero-order valence-corrected chi connectivity index (χ0v) is 9.51. The van der Waals surface area contributed by atoms with Crippen LogP contribution in [0.1, 0.15) is 19.8 Å². The lowest BCUT2D eigenvalue weighted by Gasteiger charge is -2.32. The van der Waals surface area contributed by atoms with Gasteiger partial charge in [0.25, 0.3) is 0 Å². The standard InChI is InChI=1S/C10H15F3N2O2/c1-2-17-8(16)7-3-5-15(6-4-7)9(14)10(11,12)13/h7,14H,2-6H2,1H3. The number of hydrogen-bond donors (Lipinski definition) is 1. The van der Waals surface area contributed by atoms with Gasteiger partial charge in [0, 0.05) is 13.1 Å². The van der Waals surface area contributed by atoms with Gasteiger partial charge >= 0.3 is 12.1 Å². The number of rotatable bonds is 2. The van der Waals surface area contributed by atoms with Crippen molar-refractivity contribution in [1.82, 2.24) is 4.90 Å². The molecule has 1 fully saturated rings. The van der Waals surface area contributed by atoms with Crippen LogP contribution in [0.4, 0.5) is 13.2 Å². The molecule has 0 aromatic rings. The predicted octanol–water partition coefficient (Wildman–Crippen LogP) is 1.80. The minimum Gasteiger partial charge on any atom is -0.466 e. The molecule has 1 saturated heterocycles. The summed E-state index contributed by atoms with van der Waals surface area (Å²) in [5.41, 5.74) is 0. The van der Waals surface area contributed by atoms with E-state index in [1.807, 2.05) is 0 Å². The largest absolute Gasteiger partial charge is 0.466 e. The first kappa shape index (κ1) is 13.8. The van der Waals surface area contributed by atoms with Crippen LogP contribution >= 0.6 is 0 Å². The van der Waals surface area contributed by atoms with Crippen molar-refractivity contribution in [3.8, 4) is 0 Å². The SMILES string of the molecule is CCOC(=O)C1CCN(C(=N)C(F)(F)F)CC1. The van der Waals surface area contributed by atoms with Crippen molar-refractivity contribution >= 4 is 11.8 Å². The van der Waals surface area contributed by atoms with Crippen LogP contribution in [0.5, 0.6) is 0 Å². The molecule has 1 heterocycles. The lowest BCUT2D eigenvalue weighted by atomic mass is 9.97. The molecule has 0 aromatic heterocycles. The molecule has 0 bridgehead atoms. The van der Waals surface area contributed by atoms with E-state index in [4.69, 9.17) is 10.1 Å². The summed E-state index contributed by atoms with van der Waals surface area (Å²) >= 11 is 0. The lowest BCUT2D eigenvalue weighted by Crippen LogP contribution is -2.46. The Hall–Kier alpha value is -1.27. The van der Waals surface area contributed by atoms with Crippen molar-refractivity contribution in [2.45, 2.75) is 25.9 Å². The van der Waals surface area contributed by atoms with Gasteiger partial charge in [-0.2, -0.15) is 13.2 Å². The molecule has 1 aliphatic heterocycles. The van der Waals surface area contributed by atoms with E-state index >= 15 is 0 Å². The molecule has 0 saturated carbocycles. The summed E-state index contributed by atoms with van der Waals surface area (Å²) in [6, 6.07) is 0. The van der Waals surface area contributed by atoms with E-state index in [-0.39, 0.29) is 31.6 Å². The Bertz CT molecular complexity index is 296. The Morgan fingerprint density at radius 3 is 2.35 bits per heavy atom. The normalized spacial score (nSPS) is 18.0. The van der Waals surface area contributed by atoms with Crippen molar-refractivity contribution in [2.75, 3.05) is 19.7 Å². The quantitative estimate of drug-likeness (QED) is 0.463. The van der Waals surface area contributed by atoms with Crippen LogP contribution in [0.25, 0.3) is 0 Å². The van der Waals surface area contributed by atoms with Crippen molar-refractivity contribution in [2.24, 2.45) is 5.92 Å². The Morgan fingerprint density at radius 2 is 1.94 bits per heavy atom. The number of nitrogens with zero attached hydrogens (tertiary/aromatic N) is 1. The molecule has 0 amide bonds. The maximum Gasteiger partial charge on any atom is 0.448 e. The van der Waals surface area contributed by atoms with Crippen molar-refractivity contribution in [3.05, 3.63) is 0 Å². The highest BCUT2D eigenvalue weighted by atomic mass is 19.4. The molecule has 7 heteroatoms. The van der Waals surface area contributed by atoms with E-state index in [9.17, 15) is 18.0 Å². The first-order chi connectivity index (χ1) is 7.86. The van der Waals surface area contributed by atoms with Crippen LogP contribution in [-0.2, 0) is 9.53 Å². The molecular formula is C10H15F3N2O2. The maximum absolute atomic E-state index is 12.3. The van der Waals surface area contributed by atoms with Gasteiger partial charge in [-0.05, 0) is 19.8 Å². The Kier molecular flexibility index (Phi) is 4.36. The average Bonchev–Trinajstić information content (AvgIpc) is 2.27. The second kappa shape index (κ2) is 5.37. The number of ether oxygens (including phenoxy) is 1. The number of likely N-dealkylation sites (tertiary alicyclic amines) is 1. The molecule has 1 N–H and O–H groups in total. The lowest BCUT2D eigenvalue weighted by molar-refractivity contribution is -0.149. The topological polar surface area (TPSA) is 53.4 Å². The molecule has 0 aromatic carbocycles. The van der Waals surface area contributed by atoms with Gasteiger partial charge in [0.2, 0.25) is 5.84 Å². The van der Waals surface area contributed by atoms with Gasteiger partial charge in [-0.3, -0.25) is 10.2 Å². The van der Waals surface area contributed by atoms with Crippen LogP contribution < -0.4 is 0 Å². The molecule has 98 valence electrons. The second-order valence-electron chi connectivity index (χ2n) is 3.86. The zero-order valence-electron chi connectivity index (χ0n) is 9.51. The molecule has 4 nitrogen and oxygen atoms in total. The average molecular weight is 252 g/mol. The van der Waals surface area contributed by atoms with Crippen LogP contribution in [0.15, 0.2) is 0 Å². The fraction of sp³-hybridized carbons (Fsp3) is 0.800. The number of esters is 1. The number of nitrogens with one attached hydrogen (secondary N) is 1. The van der Waals surface area contributed by atoms with Gasteiger partial charge < -0.3 is 9.64 Å². The summed E-state index contributed by atoms with van der Waals surface area (Å²) in [5, 5.41) is 6.97. The number of hydrogen-bond acceptors (Lipinski definition) is 3. The molecular weight excluding hydrogens is 237 g/mol. The third kappa shape index (κ3) is 3.61. The van der Waals surface area contributed by atoms with E-state index in [0.29, 0.717) is 12.8 Å². The summed E-state index contributed by atoms with van der Waals surface area (Å²) in [5.74, 6) is -2.03. The van der Waals surface area contributed by atoms with Crippen molar-refractivity contribution in [3.63, 3.8) is 0 Å². The number of carbonyl (C=O) groups is 1. The third-order valence-corrected chi connectivity index (χ3v) is 2.70. The zero-order chi connectivity index (χ0) is 13.1. The summed E-state index contributed by atoms with van der Waals surface area (Å²) in [6.07, 6.45) is -4.01. The highest BCUT2D eigenvalue weighted by Gasteiger charge is 2.40. The van der Waals surface area contributed by atoms with E-state index < -0.39 is 12.0 Å². The van der Waals surface area contributed by atoms with Crippen molar-refractivity contribution in [1.29, 1.82) is 5.41 Å². The fourth-order valence-corrected chi connectivity index (χ4v) is 1.78. The first-order valence-corrected chi connectivity index (χ1v) is 5.43. The van der Waals surface area contributed by atoms with Crippen LogP contribution in [0, 0.1) is 11.3 Å². The Labute approximate surface area is 97.2 Å². The number of amidine groups is 1. The number of alkyl halides is 3. The van der Waals surface area contributed by atoms with Gasteiger partial charge in [-0.1, -0.05) is 0 Å². The van der Waals surface area contributed by atoms with Crippen LogP contribution in [0.2, 0.25) is 0 Å². The second-order valence-corrected chi connectivity index (χ2v) is 3.86. The molecule has 0 atom stereocenters. The first-order valence-electron chi connectivity index (χ1n) is 5.43. The smallest absolute Gasteiger partial charge is 0.448 e. The van der Waals surface area contributed by atoms with Gasteiger partial charge in [0.1, 0.15) is 0 Å². The fourth-order valence-electron chi connectivity index (χ4n) is 1.78. The van der Waals surface area contributed by atoms with Crippen molar-refractivity contribution < 1.29 is 22.7 Å². The molecule has 1 aliphatic rings. The highest BCUT2D eigenvalue weighted by molar-refractivity contribution is 5.85. The summed E-state index contributed by atoms with van der Waals surface area (Å²) in [4.78, 5) is 12.3. The number of halogens is 3. The highest BCUT2D eigenvalue weighted by Crippen LogP contribution is 2.24. The molecule has 0 spiro atoms. The predicted molar refractivity (Wildman–Crippen MR) is 54.7 cm³/mol. The number of carbonyl (C=O) groups excluding carboxylic acids is 1. The van der Waals surface area contributed by atoms with E-state index in [1.165, 1.54) is 0 Å². The summed E-state index contributed by atoms with van der Waals surface area (Å²) in [7, 11) is 0. The third-order valence-electron chi connectivity index (χ3n) is 2.70. The molecule has 0 radical (unpaired) electrons. The van der Waals surface area contributed by atoms with E-state index in [1.54, 1.807) is 6.92 Å². The van der Waals surface area contributed by atoms with Gasteiger partial charge in [-0.25, -0.2) is 0 Å². The molecule has 17 heavy (non-hydrogen) atoms. The molecule has 0 aliphatic carbocycles. The Balaban J connectivity index is 2.46. The van der Waals surface area contributed by atoms with E-state index in [2.05, 4.69) is 0 Å². The molecule has 0 unspecified atom stereocenters. The maximum atomic E-state index is 12.3. The van der Waals surface area contributed by atoms with Crippen LogP contribution in [0.3, 0.4) is 0 Å².